The fourth-order valence-corrected chi connectivity index (χ4v) is 3.13. The number of benzene rings is 1. The first-order valence-corrected chi connectivity index (χ1v) is 7.34. The monoisotopic (exact) mass is 304 g/mol. The van der Waals surface area contributed by atoms with Crippen molar-refractivity contribution in [3.63, 3.8) is 0 Å². The van der Waals surface area contributed by atoms with Gasteiger partial charge in [-0.25, -0.2) is 8.42 Å². The van der Waals surface area contributed by atoms with Crippen LogP contribution in [0.15, 0.2) is 17.0 Å². The van der Waals surface area contributed by atoms with Gasteiger partial charge < -0.3 is 20.3 Å². The molecule has 1 atom stereocenters. The van der Waals surface area contributed by atoms with E-state index in [1.165, 1.54) is 33.4 Å². The number of hydrogen-bond donors (Lipinski definition) is 2. The molecule has 1 aromatic rings. The maximum Gasteiger partial charge on any atom is 0.246 e. The number of ether oxygens (including phenoxy) is 2. The smallest absolute Gasteiger partial charge is 0.246 e. The van der Waals surface area contributed by atoms with E-state index in [4.69, 9.17) is 20.3 Å². The van der Waals surface area contributed by atoms with Gasteiger partial charge in [0.05, 0.1) is 26.5 Å². The van der Waals surface area contributed by atoms with Crippen LogP contribution >= 0.6 is 0 Å². The molecule has 0 spiro atoms. The fourth-order valence-electron chi connectivity index (χ4n) is 1.60. The molecule has 3 N–H and O–H groups in total. The van der Waals surface area contributed by atoms with Gasteiger partial charge in [-0.1, -0.05) is 0 Å². The third-order valence-electron chi connectivity index (χ3n) is 3.06. The second kappa shape index (κ2) is 6.29. The molecule has 0 amide bonds. The highest BCUT2D eigenvalue weighted by Crippen LogP contribution is 2.35. The lowest BCUT2D eigenvalue weighted by Gasteiger charge is -2.24. The summed E-state index contributed by atoms with van der Waals surface area (Å²) in [5.74, 6) is 0.465. The number of nitrogens with two attached hydrogens (primary N) is 1. The van der Waals surface area contributed by atoms with Crippen molar-refractivity contribution in [2.75, 3.05) is 33.6 Å². The Morgan fingerprint density at radius 2 is 1.85 bits per heavy atom. The van der Waals surface area contributed by atoms with Gasteiger partial charge in [0.1, 0.15) is 16.4 Å². The zero-order valence-electron chi connectivity index (χ0n) is 12.0. The molecule has 20 heavy (non-hydrogen) atoms. The molecule has 0 saturated heterocycles. The summed E-state index contributed by atoms with van der Waals surface area (Å²) in [7, 11) is 0.348. The largest absolute Gasteiger partial charge is 0.495 e. The molecule has 7 nitrogen and oxygen atoms in total. The Bertz CT molecular complexity index is 573. The lowest BCUT2D eigenvalue weighted by atomic mass is 10.3. The van der Waals surface area contributed by atoms with E-state index in [-0.39, 0.29) is 22.9 Å². The number of likely N-dealkylation sites (N-methyl/N-ethyl adjacent to an activating group) is 1. The van der Waals surface area contributed by atoms with Gasteiger partial charge in [0, 0.05) is 19.2 Å². The SMILES string of the molecule is COc1cc(OC)c(S(=O)(=O)N(C)C(C)CO)cc1N. The lowest BCUT2D eigenvalue weighted by molar-refractivity contribution is 0.213. The number of aliphatic hydroxyl groups excluding tert-OH is 1. The number of anilines is 1. The normalized spacial score (nSPS) is 13.3. The molecule has 114 valence electrons. The van der Waals surface area contributed by atoms with Gasteiger partial charge in [-0.15, -0.1) is 0 Å². The van der Waals surface area contributed by atoms with Crippen molar-refractivity contribution in [2.45, 2.75) is 17.9 Å². The summed E-state index contributed by atoms with van der Waals surface area (Å²) in [5.41, 5.74) is 5.94. The van der Waals surface area contributed by atoms with Crippen LogP contribution in [0.1, 0.15) is 6.92 Å². The molecule has 1 unspecified atom stereocenters. The molecule has 0 fully saturated rings. The van der Waals surface area contributed by atoms with Crippen LogP contribution in [-0.4, -0.2) is 51.7 Å². The minimum Gasteiger partial charge on any atom is -0.495 e. The average molecular weight is 304 g/mol. The molecule has 0 aliphatic carbocycles. The zero-order valence-corrected chi connectivity index (χ0v) is 12.8. The van der Waals surface area contributed by atoms with Crippen molar-refractivity contribution in [3.8, 4) is 11.5 Å². The number of rotatable bonds is 6. The second-order valence-electron chi connectivity index (χ2n) is 4.30. The van der Waals surface area contributed by atoms with Crippen LogP contribution in [0.2, 0.25) is 0 Å². The molecule has 1 aromatic carbocycles. The molecular formula is C12H20N2O5S. The molecule has 0 heterocycles. The third kappa shape index (κ3) is 2.97. The number of sulfonamides is 1. The van der Waals surface area contributed by atoms with Crippen molar-refractivity contribution < 1.29 is 23.0 Å². The Hall–Kier alpha value is -1.51. The van der Waals surface area contributed by atoms with Crippen LogP contribution in [-0.2, 0) is 10.0 Å². The van der Waals surface area contributed by atoms with E-state index in [9.17, 15) is 8.42 Å². The van der Waals surface area contributed by atoms with Crippen molar-refractivity contribution >= 4 is 15.7 Å². The Kier molecular flexibility index (Phi) is 5.21. The first-order chi connectivity index (χ1) is 9.29. The van der Waals surface area contributed by atoms with Crippen LogP contribution in [0.4, 0.5) is 5.69 Å². The zero-order chi connectivity index (χ0) is 15.5. The van der Waals surface area contributed by atoms with E-state index in [0.717, 1.165) is 4.31 Å². The summed E-state index contributed by atoms with van der Waals surface area (Å²) >= 11 is 0. The molecule has 0 bridgehead atoms. The Morgan fingerprint density at radius 3 is 2.30 bits per heavy atom. The van der Waals surface area contributed by atoms with Crippen LogP contribution in [0.25, 0.3) is 0 Å². The van der Waals surface area contributed by atoms with E-state index in [0.29, 0.717) is 5.75 Å². The summed E-state index contributed by atoms with van der Waals surface area (Å²) in [6.07, 6.45) is 0. The summed E-state index contributed by atoms with van der Waals surface area (Å²) < 4.78 is 36.2. The van der Waals surface area contributed by atoms with Crippen LogP contribution < -0.4 is 15.2 Å². The van der Waals surface area contributed by atoms with Crippen molar-refractivity contribution in [2.24, 2.45) is 0 Å². The topological polar surface area (TPSA) is 102 Å². The van der Waals surface area contributed by atoms with Gasteiger partial charge in [0.25, 0.3) is 0 Å². The van der Waals surface area contributed by atoms with E-state index < -0.39 is 16.1 Å². The summed E-state index contributed by atoms with van der Waals surface area (Å²) in [6, 6.07) is 2.14. The third-order valence-corrected chi connectivity index (χ3v) is 5.05. The number of methoxy groups -OCH3 is 2. The molecule has 0 radical (unpaired) electrons. The second-order valence-corrected chi connectivity index (χ2v) is 6.26. The predicted molar refractivity (Wildman–Crippen MR) is 75.5 cm³/mol. The number of aliphatic hydroxyl groups is 1. The standard InChI is InChI=1S/C12H20N2O5S/c1-8(7-15)14(2)20(16,17)12-5-9(13)10(18-3)6-11(12)19-4/h5-6,8,15H,7,13H2,1-4H3. The summed E-state index contributed by atoms with van der Waals surface area (Å²) in [6.45, 7) is 1.31. The molecule has 8 heteroatoms. The minimum absolute atomic E-state index is 0.0684. The Balaban J connectivity index is 3.41. The summed E-state index contributed by atoms with van der Waals surface area (Å²) in [4.78, 5) is -0.0684. The van der Waals surface area contributed by atoms with Gasteiger partial charge in [0.15, 0.2) is 0 Å². The van der Waals surface area contributed by atoms with Gasteiger partial charge in [-0.05, 0) is 13.0 Å². The van der Waals surface area contributed by atoms with Crippen molar-refractivity contribution in [3.05, 3.63) is 12.1 Å². The van der Waals surface area contributed by atoms with Crippen molar-refractivity contribution in [1.29, 1.82) is 0 Å². The first-order valence-electron chi connectivity index (χ1n) is 5.90. The van der Waals surface area contributed by atoms with Gasteiger partial charge in [0.2, 0.25) is 10.0 Å². The van der Waals surface area contributed by atoms with Gasteiger partial charge >= 0.3 is 0 Å². The number of hydrogen-bond acceptors (Lipinski definition) is 6. The maximum absolute atomic E-state index is 12.5. The van der Waals surface area contributed by atoms with E-state index in [1.54, 1.807) is 6.92 Å². The molecule has 0 aliphatic rings. The van der Waals surface area contributed by atoms with Gasteiger partial charge in [-0.3, -0.25) is 0 Å². The Morgan fingerprint density at radius 1 is 1.30 bits per heavy atom. The number of nitrogen functional groups attached to an aromatic ring is 1. The van der Waals surface area contributed by atoms with E-state index in [2.05, 4.69) is 0 Å². The molecule has 0 aromatic heterocycles. The van der Waals surface area contributed by atoms with E-state index in [1.807, 2.05) is 0 Å². The predicted octanol–water partition coefficient (Wildman–Crippen LogP) is 0.287. The van der Waals surface area contributed by atoms with Crippen LogP contribution in [0.3, 0.4) is 0 Å². The van der Waals surface area contributed by atoms with E-state index >= 15 is 0 Å². The highest BCUT2D eigenvalue weighted by molar-refractivity contribution is 7.89. The highest BCUT2D eigenvalue weighted by atomic mass is 32.2. The van der Waals surface area contributed by atoms with Gasteiger partial charge in [-0.2, -0.15) is 4.31 Å². The maximum atomic E-state index is 12.5. The van der Waals surface area contributed by atoms with Crippen molar-refractivity contribution in [1.82, 2.24) is 4.31 Å². The van der Waals surface area contributed by atoms with Crippen LogP contribution in [0, 0.1) is 0 Å². The molecular weight excluding hydrogens is 284 g/mol. The summed E-state index contributed by atoms with van der Waals surface area (Å²) in [5, 5.41) is 9.10. The quantitative estimate of drug-likeness (QED) is 0.732. The Labute approximate surface area is 119 Å². The molecule has 0 saturated carbocycles. The highest BCUT2D eigenvalue weighted by Gasteiger charge is 2.29. The fraction of sp³-hybridized carbons (Fsp3) is 0.500. The first kappa shape index (κ1) is 16.5. The minimum atomic E-state index is -3.83. The molecule has 0 aliphatic heterocycles. The molecule has 1 rings (SSSR count). The number of nitrogens with zero attached hydrogens (tertiary/aromatic N) is 1. The van der Waals surface area contributed by atoms with Crippen LogP contribution in [0.5, 0.6) is 11.5 Å². The average Bonchev–Trinajstić information content (AvgIpc) is 2.45. The lowest BCUT2D eigenvalue weighted by Crippen LogP contribution is -2.37.